The molecule has 3 aliphatic rings. The summed E-state index contributed by atoms with van der Waals surface area (Å²) in [6, 6.07) is -0.255. The van der Waals surface area contributed by atoms with Gasteiger partial charge in [0.2, 0.25) is 0 Å². The maximum atomic E-state index is 14.6. The molecule has 14 heteroatoms. The fraction of sp³-hybridized carbons (Fsp3) is 0.905. The Labute approximate surface area is 336 Å². The fourth-order valence-corrected chi connectivity index (χ4v) is 9.36. The lowest BCUT2D eigenvalue weighted by molar-refractivity contribution is -0.318. The van der Waals surface area contributed by atoms with E-state index in [1.807, 2.05) is 53.6 Å². The summed E-state index contributed by atoms with van der Waals surface area (Å²) < 4.78 is 38.7. The molecule has 0 unspecified atom stereocenters. The largest absolute Gasteiger partial charge is 0.392 e. The van der Waals surface area contributed by atoms with Crippen LogP contribution in [-0.4, -0.2) is 150 Å². The van der Waals surface area contributed by atoms with E-state index in [1.165, 1.54) is 7.11 Å². The highest BCUT2D eigenvalue weighted by atomic mass is 16.7. The van der Waals surface area contributed by atoms with Crippen LogP contribution in [0.15, 0.2) is 17.8 Å². The van der Waals surface area contributed by atoms with Crippen LogP contribution in [0.4, 0.5) is 0 Å². The summed E-state index contributed by atoms with van der Waals surface area (Å²) in [7, 11) is 6.94. The number of likely N-dealkylation sites (N-methyl/N-ethyl adjacent to an activating group) is 1. The molecule has 0 bridgehead atoms. The van der Waals surface area contributed by atoms with Gasteiger partial charge in [-0.15, -0.1) is 0 Å². The smallest absolute Gasteiger partial charge is 0.185 e. The average molecular weight is 801 g/mol. The van der Waals surface area contributed by atoms with Crippen LogP contribution in [0.5, 0.6) is 0 Å². The number of aliphatic hydroxyl groups is 4. The van der Waals surface area contributed by atoms with Crippen LogP contribution in [0.25, 0.3) is 0 Å². The maximum Gasteiger partial charge on any atom is 0.185 e. The lowest BCUT2D eigenvalue weighted by atomic mass is 9.69. The van der Waals surface area contributed by atoms with Gasteiger partial charge in [0.1, 0.15) is 24.6 Å². The molecule has 3 rings (SSSR count). The molecule has 4 N–H and O–H groups in total. The third-order valence-corrected chi connectivity index (χ3v) is 13.3. The van der Waals surface area contributed by atoms with Crippen molar-refractivity contribution in [2.24, 2.45) is 34.7 Å². The second-order valence-electron chi connectivity index (χ2n) is 17.8. The van der Waals surface area contributed by atoms with Crippen LogP contribution in [0.2, 0.25) is 0 Å². The van der Waals surface area contributed by atoms with E-state index in [-0.39, 0.29) is 43.8 Å². The molecule has 0 spiro atoms. The molecule has 2 saturated heterocycles. The minimum absolute atomic E-state index is 0.0496. The molecular weight excluding hydrogens is 724 g/mol. The Morgan fingerprint density at radius 1 is 0.929 bits per heavy atom. The summed E-state index contributed by atoms with van der Waals surface area (Å²) in [5, 5.41) is 51.2. The van der Waals surface area contributed by atoms with Crippen molar-refractivity contribution in [3.8, 4) is 0 Å². The molecule has 1 saturated carbocycles. The Morgan fingerprint density at radius 2 is 1.55 bits per heavy atom. The van der Waals surface area contributed by atoms with E-state index in [2.05, 4.69) is 11.7 Å². The number of ether oxygens (including phenoxy) is 6. The lowest BCUT2D eigenvalue weighted by Gasteiger charge is -2.50. The number of carbonyl (C=O) groups is 1. The molecule has 2 heterocycles. The zero-order chi connectivity index (χ0) is 42.5. The minimum Gasteiger partial charge on any atom is -0.392 e. The van der Waals surface area contributed by atoms with Gasteiger partial charge in [0.25, 0.3) is 0 Å². The van der Waals surface area contributed by atoms with Crippen LogP contribution in [0.1, 0.15) is 101 Å². The summed E-state index contributed by atoms with van der Waals surface area (Å²) >= 11 is 0. The molecule has 18 atom stereocenters. The molecule has 2 aliphatic heterocycles. The van der Waals surface area contributed by atoms with Gasteiger partial charge in [-0.3, -0.25) is 4.79 Å². The maximum absolute atomic E-state index is 14.6. The van der Waals surface area contributed by atoms with Crippen molar-refractivity contribution in [2.45, 2.75) is 179 Å². The van der Waals surface area contributed by atoms with E-state index in [9.17, 15) is 25.2 Å². The number of oxime groups is 1. The Balaban J connectivity index is 2.29. The molecule has 0 aromatic heterocycles. The minimum atomic E-state index is -1.68. The molecule has 56 heavy (non-hydrogen) atoms. The van der Waals surface area contributed by atoms with Crippen LogP contribution >= 0.6 is 0 Å². The molecule has 0 amide bonds. The first-order valence-corrected chi connectivity index (χ1v) is 20.5. The van der Waals surface area contributed by atoms with Crippen LogP contribution in [0.3, 0.4) is 0 Å². The second kappa shape index (κ2) is 20.1. The van der Waals surface area contributed by atoms with Gasteiger partial charge in [0, 0.05) is 56.8 Å². The predicted molar refractivity (Wildman–Crippen MR) is 213 cm³/mol. The van der Waals surface area contributed by atoms with Crippen molar-refractivity contribution < 1.29 is 58.5 Å². The highest BCUT2D eigenvalue weighted by molar-refractivity contribution is 5.89. The quantitative estimate of drug-likeness (QED) is 0.134. The number of hydrogen-bond acceptors (Lipinski definition) is 14. The summed E-state index contributed by atoms with van der Waals surface area (Å²) in [5.41, 5.74) is -3.34. The van der Waals surface area contributed by atoms with Gasteiger partial charge in [-0.2, -0.15) is 0 Å². The standard InChI is InChI=1S/C42H76N2O12/c1-16-18-52-43-33-23(3)21-41(10,51-15)38(56-39-34(46)30(44(12)13)19-24(4)53-39)27(7)35(55-32-22-40(9,50-14)37(48)28(8)54-32)25(5)31(45)20-29(17-2)42(11,49)36(47)26(33)6/h16,23-30,32,34-39,46-49H,1,17-22H2,2-15H3/b43-33+/t23-,24-,25+,26+,27+,28+,29+,30+,32+,34-,35-,36-,37+,38-,39+,40-,41-,42-/m1/s1. The Kier molecular flexibility index (Phi) is 17.5. The van der Waals surface area contributed by atoms with Gasteiger partial charge in [-0.05, 0) is 67.5 Å². The molecule has 326 valence electrons. The predicted octanol–water partition coefficient (Wildman–Crippen LogP) is 4.09. The van der Waals surface area contributed by atoms with Gasteiger partial charge in [-0.25, -0.2) is 0 Å². The van der Waals surface area contributed by atoms with Gasteiger partial charge < -0.3 is 58.6 Å². The molecule has 1 aliphatic carbocycles. The summed E-state index contributed by atoms with van der Waals surface area (Å²) in [6.45, 7) is 22.2. The SMILES string of the molecule is C=CCO/N=C1\[C@H](C)C[C@@](C)(OC)[C@H](O[C@@H]2O[C@H](C)C[C@H](N(C)C)[C@H]2O)[C@@H](C)[C@H](O[C@H]2C[C@@](C)(OC)[C@@H](O)[C@H](C)O2)[C@@H](C)C(=O)C[C@H](CC)[C@@](C)(O)[C@H](O)[C@H]1C. The first kappa shape index (κ1) is 48.8. The zero-order valence-corrected chi connectivity index (χ0v) is 36.6. The van der Waals surface area contributed by atoms with E-state index >= 15 is 0 Å². The van der Waals surface area contributed by atoms with Crippen molar-refractivity contribution >= 4 is 11.5 Å². The topological polar surface area (TPSA) is 178 Å². The fourth-order valence-electron chi connectivity index (χ4n) is 9.36. The first-order chi connectivity index (χ1) is 26.0. The Bertz CT molecular complexity index is 1300. The van der Waals surface area contributed by atoms with Crippen LogP contribution in [0, 0.1) is 29.6 Å². The number of Topliss-reactive ketones (excluding diaryl/α,β-unsaturated/α-hetero) is 1. The highest BCUT2D eigenvalue weighted by Gasteiger charge is 2.53. The van der Waals surface area contributed by atoms with E-state index in [0.717, 1.165) is 0 Å². The molecule has 0 aromatic carbocycles. The van der Waals surface area contributed by atoms with Crippen molar-refractivity contribution in [1.82, 2.24) is 4.90 Å². The second-order valence-corrected chi connectivity index (χ2v) is 17.8. The molecule has 0 aromatic rings. The van der Waals surface area contributed by atoms with Crippen molar-refractivity contribution in [3.05, 3.63) is 12.7 Å². The van der Waals surface area contributed by atoms with E-state index in [1.54, 1.807) is 47.8 Å². The number of aliphatic hydroxyl groups excluding tert-OH is 3. The summed E-state index contributed by atoms with van der Waals surface area (Å²) in [5.74, 6) is -3.28. The van der Waals surface area contributed by atoms with Gasteiger partial charge >= 0.3 is 0 Å². The van der Waals surface area contributed by atoms with Crippen molar-refractivity contribution in [3.63, 3.8) is 0 Å². The Morgan fingerprint density at radius 3 is 2.11 bits per heavy atom. The Hall–Kier alpha value is -1.56. The molecule has 3 fully saturated rings. The molecular formula is C42H76N2O12. The van der Waals surface area contributed by atoms with Crippen molar-refractivity contribution in [1.29, 1.82) is 0 Å². The third kappa shape index (κ3) is 10.8. The van der Waals surface area contributed by atoms with Crippen LogP contribution in [-0.2, 0) is 38.1 Å². The van der Waals surface area contributed by atoms with Gasteiger partial charge in [0.15, 0.2) is 12.6 Å². The van der Waals surface area contributed by atoms with Crippen molar-refractivity contribution in [2.75, 3.05) is 34.9 Å². The zero-order valence-electron chi connectivity index (χ0n) is 36.6. The number of nitrogens with zero attached hydrogens (tertiary/aromatic N) is 2. The number of ketones is 1. The van der Waals surface area contributed by atoms with Gasteiger partial charge in [0.05, 0.1) is 53.0 Å². The summed E-state index contributed by atoms with van der Waals surface area (Å²) in [4.78, 5) is 22.2. The number of methoxy groups -OCH3 is 2. The lowest BCUT2D eigenvalue weighted by Crippen LogP contribution is -2.61. The molecule has 14 nitrogen and oxygen atoms in total. The highest BCUT2D eigenvalue weighted by Crippen LogP contribution is 2.43. The summed E-state index contributed by atoms with van der Waals surface area (Å²) in [6.07, 6.45) is -4.82. The third-order valence-electron chi connectivity index (χ3n) is 13.3. The normalized spacial score (nSPS) is 47.1. The molecule has 0 radical (unpaired) electrons. The average Bonchev–Trinajstić information content (AvgIpc) is 3.14. The monoisotopic (exact) mass is 801 g/mol. The van der Waals surface area contributed by atoms with Crippen LogP contribution < -0.4 is 0 Å². The van der Waals surface area contributed by atoms with Gasteiger partial charge in [-0.1, -0.05) is 58.9 Å². The number of rotatable bonds is 11. The number of carbonyl (C=O) groups excluding carboxylic acids is 1. The van der Waals surface area contributed by atoms with E-state index < -0.39 is 95.6 Å². The number of hydrogen-bond donors (Lipinski definition) is 4. The van der Waals surface area contributed by atoms with E-state index in [0.29, 0.717) is 18.6 Å². The van der Waals surface area contributed by atoms with E-state index in [4.69, 9.17) is 33.3 Å². The first-order valence-electron chi connectivity index (χ1n) is 20.5.